The Morgan fingerprint density at radius 1 is 0.882 bits per heavy atom. The first-order valence-electron chi connectivity index (χ1n) is 7.40. The van der Waals surface area contributed by atoms with Crippen LogP contribution in [0.3, 0.4) is 0 Å². The van der Waals surface area contributed by atoms with E-state index in [4.69, 9.17) is 0 Å². The summed E-state index contributed by atoms with van der Waals surface area (Å²) in [6, 6.07) is 3.17. The zero-order valence-corrected chi connectivity index (χ0v) is 10.9. The maximum atomic E-state index is 9.62. The molecule has 2 N–H and O–H groups in total. The molecule has 0 amide bonds. The topological polar surface area (TPSA) is 35.5 Å². The maximum Gasteiger partial charge on any atom is 0.0541 e. The molecule has 2 saturated heterocycles. The molecule has 2 bridgehead atoms. The summed E-state index contributed by atoms with van der Waals surface area (Å²) in [5.74, 6) is 0. The van der Waals surface area contributed by atoms with Crippen LogP contribution in [0.25, 0.3) is 0 Å². The normalized spacial score (nSPS) is 47.3. The van der Waals surface area contributed by atoms with E-state index in [2.05, 4.69) is 17.3 Å². The van der Waals surface area contributed by atoms with Gasteiger partial charge in [0.05, 0.1) is 6.10 Å². The van der Waals surface area contributed by atoms with E-state index >= 15 is 0 Å². The first-order valence-corrected chi connectivity index (χ1v) is 7.40. The van der Waals surface area contributed by atoms with Gasteiger partial charge in [0.2, 0.25) is 0 Å². The van der Waals surface area contributed by atoms with E-state index in [0.29, 0.717) is 0 Å². The lowest BCUT2D eigenvalue weighted by Gasteiger charge is -2.45. The number of nitrogens with one attached hydrogen (secondary N) is 1. The molecule has 0 aromatic rings. The molecule has 0 aromatic heterocycles. The van der Waals surface area contributed by atoms with Crippen molar-refractivity contribution in [3.05, 3.63) is 0 Å². The number of rotatable bonds is 2. The molecule has 1 aliphatic carbocycles. The van der Waals surface area contributed by atoms with Crippen LogP contribution >= 0.6 is 0 Å². The molecule has 3 aliphatic rings. The molecule has 0 aromatic carbocycles. The molecule has 2 heterocycles. The predicted octanol–water partition coefficient (Wildman–Crippen LogP) is 1.50. The molecule has 2 atom stereocenters. The second kappa shape index (κ2) is 4.87. The van der Waals surface area contributed by atoms with Gasteiger partial charge in [0, 0.05) is 24.2 Å². The molecule has 98 valence electrons. The summed E-state index contributed by atoms with van der Waals surface area (Å²) in [4.78, 5) is 2.83. The van der Waals surface area contributed by atoms with Crippen LogP contribution in [0, 0.1) is 0 Å². The molecule has 3 fully saturated rings. The Morgan fingerprint density at radius 2 is 1.41 bits per heavy atom. The Morgan fingerprint density at radius 3 is 1.94 bits per heavy atom. The highest BCUT2D eigenvalue weighted by molar-refractivity contribution is 5.00. The predicted molar refractivity (Wildman–Crippen MR) is 69.0 cm³/mol. The van der Waals surface area contributed by atoms with Gasteiger partial charge in [-0.1, -0.05) is 0 Å². The van der Waals surface area contributed by atoms with Gasteiger partial charge in [0.15, 0.2) is 0 Å². The maximum absolute atomic E-state index is 9.62. The Balaban J connectivity index is 1.65. The summed E-state index contributed by atoms with van der Waals surface area (Å²) in [6.07, 6.45) is 9.96. The van der Waals surface area contributed by atoms with Crippen LogP contribution in [0.2, 0.25) is 0 Å². The fraction of sp³-hybridized carbons (Fsp3) is 1.00. The number of hydrogen-bond donors (Lipinski definition) is 2. The van der Waals surface area contributed by atoms with E-state index < -0.39 is 0 Å². The molecule has 2 aliphatic heterocycles. The largest absolute Gasteiger partial charge is 0.393 e. The highest BCUT2D eigenvalue weighted by atomic mass is 16.3. The van der Waals surface area contributed by atoms with E-state index in [1.54, 1.807) is 0 Å². The van der Waals surface area contributed by atoms with Crippen molar-refractivity contribution in [3.8, 4) is 0 Å². The van der Waals surface area contributed by atoms with Crippen molar-refractivity contribution in [2.24, 2.45) is 0 Å². The van der Waals surface area contributed by atoms with Crippen molar-refractivity contribution in [3.63, 3.8) is 0 Å². The number of piperidine rings is 1. The van der Waals surface area contributed by atoms with E-state index in [1.807, 2.05) is 0 Å². The molecule has 17 heavy (non-hydrogen) atoms. The number of fused-ring (bicyclic) bond motifs is 2. The second-order valence-electron chi connectivity index (χ2n) is 6.25. The van der Waals surface area contributed by atoms with Crippen LogP contribution < -0.4 is 5.32 Å². The molecule has 0 spiro atoms. The molecular weight excluding hydrogens is 212 g/mol. The first kappa shape index (κ1) is 11.9. The highest BCUT2D eigenvalue weighted by Gasteiger charge is 2.43. The van der Waals surface area contributed by atoms with Crippen molar-refractivity contribution in [2.45, 2.75) is 81.6 Å². The van der Waals surface area contributed by atoms with Gasteiger partial charge in [-0.2, -0.15) is 0 Å². The third-order valence-corrected chi connectivity index (χ3v) is 5.29. The van der Waals surface area contributed by atoms with Gasteiger partial charge < -0.3 is 10.4 Å². The molecule has 3 rings (SSSR count). The van der Waals surface area contributed by atoms with Crippen LogP contribution in [0.4, 0.5) is 0 Å². The molecular formula is C14H26N2O. The zero-order chi connectivity index (χ0) is 11.8. The van der Waals surface area contributed by atoms with Crippen molar-refractivity contribution < 1.29 is 5.11 Å². The zero-order valence-electron chi connectivity index (χ0n) is 10.9. The lowest BCUT2D eigenvalue weighted by Crippen LogP contribution is -2.53. The van der Waals surface area contributed by atoms with E-state index in [-0.39, 0.29) is 6.10 Å². The summed E-state index contributed by atoms with van der Waals surface area (Å²) in [5.41, 5.74) is 0. The van der Waals surface area contributed by atoms with Crippen molar-refractivity contribution in [1.82, 2.24) is 10.2 Å². The van der Waals surface area contributed by atoms with E-state index in [1.165, 1.54) is 38.5 Å². The van der Waals surface area contributed by atoms with Crippen LogP contribution in [-0.2, 0) is 0 Å². The summed E-state index contributed by atoms with van der Waals surface area (Å²) >= 11 is 0. The van der Waals surface area contributed by atoms with Crippen LogP contribution in [0.1, 0.15) is 51.4 Å². The smallest absolute Gasteiger partial charge is 0.0541 e. The third-order valence-electron chi connectivity index (χ3n) is 5.29. The van der Waals surface area contributed by atoms with Gasteiger partial charge in [-0.05, 0) is 58.4 Å². The Bertz CT molecular complexity index is 249. The van der Waals surface area contributed by atoms with Gasteiger partial charge >= 0.3 is 0 Å². The summed E-state index contributed by atoms with van der Waals surface area (Å²) < 4.78 is 0. The molecule has 1 saturated carbocycles. The van der Waals surface area contributed by atoms with Crippen LogP contribution in [0.15, 0.2) is 0 Å². The first-order chi connectivity index (χ1) is 8.28. The summed E-state index contributed by atoms with van der Waals surface area (Å²) in [5, 5.41) is 13.1. The second-order valence-corrected chi connectivity index (χ2v) is 6.25. The van der Waals surface area contributed by atoms with Crippen LogP contribution in [-0.4, -0.2) is 47.3 Å². The molecule has 0 radical (unpaired) electrons. The number of aliphatic hydroxyl groups is 1. The van der Waals surface area contributed by atoms with Gasteiger partial charge in [-0.25, -0.2) is 0 Å². The fourth-order valence-electron chi connectivity index (χ4n) is 4.40. The highest BCUT2D eigenvalue weighted by Crippen LogP contribution is 2.40. The van der Waals surface area contributed by atoms with Crippen molar-refractivity contribution in [1.29, 1.82) is 0 Å². The fourth-order valence-corrected chi connectivity index (χ4v) is 4.40. The minimum Gasteiger partial charge on any atom is -0.393 e. The number of aliphatic hydroxyl groups excluding tert-OH is 1. The van der Waals surface area contributed by atoms with E-state index in [0.717, 1.165) is 37.0 Å². The Kier molecular flexibility index (Phi) is 3.42. The minimum atomic E-state index is -0.0150. The van der Waals surface area contributed by atoms with E-state index in [9.17, 15) is 5.11 Å². The van der Waals surface area contributed by atoms with Crippen LogP contribution in [0.5, 0.6) is 0 Å². The summed E-state index contributed by atoms with van der Waals surface area (Å²) in [7, 11) is 2.11. The third kappa shape index (κ3) is 2.25. The Hall–Kier alpha value is -0.120. The quantitative estimate of drug-likeness (QED) is 0.765. The lowest BCUT2D eigenvalue weighted by atomic mass is 9.87. The molecule has 3 heteroatoms. The van der Waals surface area contributed by atoms with Gasteiger partial charge in [0.1, 0.15) is 0 Å². The Labute approximate surface area is 105 Å². The van der Waals surface area contributed by atoms with Crippen molar-refractivity contribution >= 4 is 0 Å². The molecule has 2 unspecified atom stereocenters. The average molecular weight is 238 g/mol. The van der Waals surface area contributed by atoms with Gasteiger partial charge in [0.25, 0.3) is 0 Å². The van der Waals surface area contributed by atoms with Gasteiger partial charge in [-0.15, -0.1) is 0 Å². The number of nitrogens with zero attached hydrogens (tertiary/aromatic N) is 1. The number of hydrogen-bond acceptors (Lipinski definition) is 3. The minimum absolute atomic E-state index is 0.0150. The lowest BCUT2D eigenvalue weighted by molar-refractivity contribution is 0.0230. The monoisotopic (exact) mass is 238 g/mol. The van der Waals surface area contributed by atoms with Crippen molar-refractivity contribution in [2.75, 3.05) is 7.05 Å². The standard InChI is InChI=1S/C14H26N2O/c1-15-10-8-12-2-3-13(9-10)16(12)11-4-6-14(17)7-5-11/h10-15,17H,2-9H2,1H3. The SMILES string of the molecule is CNC1CC2CCC(C1)N2C1CCC(O)CC1. The molecule has 3 nitrogen and oxygen atoms in total. The summed E-state index contributed by atoms with van der Waals surface area (Å²) in [6.45, 7) is 0. The van der Waals surface area contributed by atoms with Gasteiger partial charge in [-0.3, -0.25) is 4.90 Å². The average Bonchev–Trinajstić information content (AvgIpc) is 2.61.